The van der Waals surface area contributed by atoms with Gasteiger partial charge in [0.05, 0.1) is 13.2 Å². The molecule has 184 valence electrons. The summed E-state index contributed by atoms with van der Waals surface area (Å²) in [5.41, 5.74) is 3.05. The van der Waals surface area contributed by atoms with E-state index < -0.39 is 0 Å². The number of para-hydroxylation sites is 1. The number of hydrogen-bond acceptors (Lipinski definition) is 7. The first-order valence-corrected chi connectivity index (χ1v) is 12.2. The molecule has 0 spiro atoms. The van der Waals surface area contributed by atoms with Crippen molar-refractivity contribution in [1.29, 1.82) is 0 Å². The molecular weight excluding hydrogens is 468 g/mol. The molecule has 2 aromatic carbocycles. The molecule has 4 rings (SSSR count). The van der Waals surface area contributed by atoms with Crippen molar-refractivity contribution in [2.45, 2.75) is 26.4 Å². The van der Waals surface area contributed by atoms with Gasteiger partial charge in [0.2, 0.25) is 6.79 Å². The molecule has 9 nitrogen and oxygen atoms in total. The lowest BCUT2D eigenvalue weighted by atomic mass is 10.1. The van der Waals surface area contributed by atoms with Gasteiger partial charge in [0, 0.05) is 31.3 Å². The van der Waals surface area contributed by atoms with Crippen LogP contribution in [0.15, 0.2) is 47.8 Å². The number of anilines is 1. The SMILES string of the molecule is CCc1ccccc1NC(=O)N(CCOC)Cc1nc(C(=O)NCc2ccc3c(c2)OCO3)cs1. The van der Waals surface area contributed by atoms with Gasteiger partial charge in [-0.3, -0.25) is 4.79 Å². The third-order valence-corrected chi connectivity index (χ3v) is 6.33. The average molecular weight is 497 g/mol. The first-order chi connectivity index (χ1) is 17.1. The van der Waals surface area contributed by atoms with E-state index in [1.165, 1.54) is 11.3 Å². The van der Waals surface area contributed by atoms with Gasteiger partial charge >= 0.3 is 6.03 Å². The molecule has 0 fully saturated rings. The van der Waals surface area contributed by atoms with E-state index in [1.807, 2.05) is 49.4 Å². The fraction of sp³-hybridized carbons (Fsp3) is 0.320. The Kier molecular flexibility index (Phi) is 8.17. The number of nitrogens with one attached hydrogen (secondary N) is 2. The molecule has 1 aliphatic heterocycles. The molecule has 0 radical (unpaired) electrons. The third kappa shape index (κ3) is 6.28. The van der Waals surface area contributed by atoms with Crippen LogP contribution in [0.3, 0.4) is 0 Å². The first-order valence-electron chi connectivity index (χ1n) is 11.3. The van der Waals surface area contributed by atoms with Crippen LogP contribution in [0.5, 0.6) is 11.5 Å². The van der Waals surface area contributed by atoms with Gasteiger partial charge in [-0.1, -0.05) is 31.2 Å². The Morgan fingerprint density at radius 3 is 2.83 bits per heavy atom. The Balaban J connectivity index is 1.37. The highest BCUT2D eigenvalue weighted by Crippen LogP contribution is 2.32. The molecule has 0 aliphatic carbocycles. The van der Waals surface area contributed by atoms with Crippen molar-refractivity contribution in [3.63, 3.8) is 0 Å². The van der Waals surface area contributed by atoms with Crippen molar-refractivity contribution in [2.75, 3.05) is 32.4 Å². The number of benzene rings is 2. The van der Waals surface area contributed by atoms with Gasteiger partial charge in [0.15, 0.2) is 11.5 Å². The van der Waals surface area contributed by atoms with Crippen molar-refractivity contribution in [3.8, 4) is 11.5 Å². The summed E-state index contributed by atoms with van der Waals surface area (Å²) in [6.07, 6.45) is 0.811. The highest BCUT2D eigenvalue weighted by molar-refractivity contribution is 7.09. The van der Waals surface area contributed by atoms with E-state index in [0.29, 0.717) is 41.9 Å². The van der Waals surface area contributed by atoms with Crippen LogP contribution in [-0.2, 0) is 24.2 Å². The first kappa shape index (κ1) is 24.5. The number of rotatable bonds is 10. The van der Waals surface area contributed by atoms with Gasteiger partial charge < -0.3 is 29.7 Å². The summed E-state index contributed by atoms with van der Waals surface area (Å²) < 4.78 is 15.9. The number of thiazole rings is 1. The van der Waals surface area contributed by atoms with Gasteiger partial charge in [-0.2, -0.15) is 0 Å². The predicted octanol–water partition coefficient (Wildman–Crippen LogP) is 4.04. The summed E-state index contributed by atoms with van der Waals surface area (Å²) >= 11 is 1.34. The van der Waals surface area contributed by atoms with E-state index in [-0.39, 0.29) is 25.3 Å². The molecule has 0 saturated carbocycles. The number of urea groups is 1. The van der Waals surface area contributed by atoms with Crippen LogP contribution in [0, 0.1) is 0 Å². The number of aromatic nitrogens is 1. The minimum absolute atomic E-state index is 0.206. The Morgan fingerprint density at radius 2 is 2.00 bits per heavy atom. The fourth-order valence-electron chi connectivity index (χ4n) is 3.57. The maximum absolute atomic E-state index is 13.0. The second-order valence-electron chi connectivity index (χ2n) is 7.85. The lowest BCUT2D eigenvalue weighted by molar-refractivity contribution is 0.0946. The van der Waals surface area contributed by atoms with Crippen molar-refractivity contribution < 1.29 is 23.8 Å². The monoisotopic (exact) mass is 496 g/mol. The molecule has 0 atom stereocenters. The summed E-state index contributed by atoms with van der Waals surface area (Å²) in [4.78, 5) is 31.7. The lowest BCUT2D eigenvalue weighted by Crippen LogP contribution is -2.37. The summed E-state index contributed by atoms with van der Waals surface area (Å²) in [6, 6.07) is 13.0. The number of hydrogen-bond donors (Lipinski definition) is 2. The quantitative estimate of drug-likeness (QED) is 0.439. The Hall–Kier alpha value is -3.63. The minimum Gasteiger partial charge on any atom is -0.454 e. The number of carbonyl (C=O) groups is 2. The van der Waals surface area contributed by atoms with Crippen LogP contribution in [0.1, 0.15) is 33.5 Å². The van der Waals surface area contributed by atoms with Crippen molar-refractivity contribution >= 4 is 29.0 Å². The van der Waals surface area contributed by atoms with Gasteiger partial charge in [0.25, 0.3) is 5.91 Å². The van der Waals surface area contributed by atoms with Gasteiger partial charge in [-0.25, -0.2) is 9.78 Å². The van der Waals surface area contributed by atoms with E-state index in [0.717, 1.165) is 23.2 Å². The van der Waals surface area contributed by atoms with E-state index in [2.05, 4.69) is 15.6 Å². The molecule has 35 heavy (non-hydrogen) atoms. The van der Waals surface area contributed by atoms with Gasteiger partial charge in [-0.15, -0.1) is 11.3 Å². The zero-order chi connectivity index (χ0) is 24.6. The zero-order valence-electron chi connectivity index (χ0n) is 19.7. The molecule has 1 aliphatic rings. The second-order valence-corrected chi connectivity index (χ2v) is 8.79. The number of ether oxygens (including phenoxy) is 3. The number of nitrogens with zero attached hydrogens (tertiary/aromatic N) is 2. The van der Waals surface area contributed by atoms with E-state index >= 15 is 0 Å². The Bertz CT molecular complexity index is 1180. The summed E-state index contributed by atoms with van der Waals surface area (Å²) in [6.45, 7) is 3.63. The molecule has 3 aromatic rings. The van der Waals surface area contributed by atoms with E-state index in [9.17, 15) is 9.59 Å². The lowest BCUT2D eigenvalue weighted by Gasteiger charge is -2.22. The molecule has 0 bridgehead atoms. The number of carbonyl (C=O) groups excluding carboxylic acids is 2. The summed E-state index contributed by atoms with van der Waals surface area (Å²) in [5, 5.41) is 8.22. The maximum Gasteiger partial charge on any atom is 0.322 e. The smallest absolute Gasteiger partial charge is 0.322 e. The second kappa shape index (κ2) is 11.7. The Labute approximate surface area is 208 Å². The summed E-state index contributed by atoms with van der Waals surface area (Å²) in [5.74, 6) is 1.09. The van der Waals surface area contributed by atoms with Crippen LogP contribution in [-0.4, -0.2) is 48.9 Å². The molecule has 2 heterocycles. The van der Waals surface area contributed by atoms with Crippen LogP contribution < -0.4 is 20.1 Å². The highest BCUT2D eigenvalue weighted by Gasteiger charge is 2.19. The predicted molar refractivity (Wildman–Crippen MR) is 133 cm³/mol. The van der Waals surface area contributed by atoms with Crippen molar-refractivity contribution in [1.82, 2.24) is 15.2 Å². The zero-order valence-corrected chi connectivity index (χ0v) is 20.5. The number of methoxy groups -OCH3 is 1. The number of aryl methyl sites for hydroxylation is 1. The highest BCUT2D eigenvalue weighted by atomic mass is 32.1. The van der Waals surface area contributed by atoms with Crippen LogP contribution in [0.2, 0.25) is 0 Å². The molecular formula is C25H28N4O5S. The average Bonchev–Trinajstić information content (AvgIpc) is 3.54. The number of amides is 3. The standard InChI is InChI=1S/C25H28N4O5S/c1-3-18-6-4-5-7-19(18)28-25(31)29(10-11-32-2)14-23-27-20(15-35-23)24(30)26-13-17-8-9-21-22(12-17)34-16-33-21/h4-9,12,15H,3,10-11,13-14,16H2,1-2H3,(H,26,30)(H,28,31). The van der Waals surface area contributed by atoms with Gasteiger partial charge in [-0.05, 0) is 35.7 Å². The van der Waals surface area contributed by atoms with Crippen LogP contribution in [0.25, 0.3) is 0 Å². The van der Waals surface area contributed by atoms with Crippen LogP contribution in [0.4, 0.5) is 10.5 Å². The molecule has 0 saturated heterocycles. The molecule has 10 heteroatoms. The maximum atomic E-state index is 13.0. The van der Waals surface area contributed by atoms with E-state index in [1.54, 1.807) is 17.4 Å². The fourth-order valence-corrected chi connectivity index (χ4v) is 4.36. The molecule has 3 amide bonds. The third-order valence-electron chi connectivity index (χ3n) is 5.49. The largest absolute Gasteiger partial charge is 0.454 e. The molecule has 2 N–H and O–H groups in total. The van der Waals surface area contributed by atoms with Gasteiger partial charge in [0.1, 0.15) is 10.7 Å². The number of fused-ring (bicyclic) bond motifs is 1. The molecule has 0 unspecified atom stereocenters. The van der Waals surface area contributed by atoms with E-state index in [4.69, 9.17) is 14.2 Å². The topological polar surface area (TPSA) is 102 Å². The Morgan fingerprint density at radius 1 is 1.17 bits per heavy atom. The molecule has 1 aromatic heterocycles. The van der Waals surface area contributed by atoms with Crippen LogP contribution >= 0.6 is 11.3 Å². The van der Waals surface area contributed by atoms with Crippen molar-refractivity contribution in [2.24, 2.45) is 0 Å². The minimum atomic E-state index is -0.282. The summed E-state index contributed by atoms with van der Waals surface area (Å²) in [7, 11) is 1.59. The normalized spacial score (nSPS) is 11.8. The van der Waals surface area contributed by atoms with Crippen molar-refractivity contribution in [3.05, 3.63) is 69.7 Å².